The van der Waals surface area contributed by atoms with Crippen LogP contribution in [0.15, 0.2) is 48.7 Å². The standard InChI is InChI=1S/C28H33N3O7/c1-15-9-7-10-18(25(15)36-5)22(19-11-8-12-20(29)26(19)37-6)17(3)38-28(34)16(2)31-27(33)23-24(32)21(35-4)13-14-30-23/h7-14,16-17,22,32H,29H2,1-6H3,(H,31,33)/t16-,17?,22?/m0/s1. The summed E-state index contributed by atoms with van der Waals surface area (Å²) in [5.41, 5.74) is 8.75. The second-order valence-corrected chi connectivity index (χ2v) is 8.69. The van der Waals surface area contributed by atoms with Crippen LogP contribution in [-0.4, -0.2) is 55.4 Å². The third-order valence-electron chi connectivity index (χ3n) is 6.19. The molecule has 2 unspecified atom stereocenters. The van der Waals surface area contributed by atoms with Crippen LogP contribution in [0, 0.1) is 6.92 Å². The molecule has 2 aromatic carbocycles. The van der Waals surface area contributed by atoms with E-state index in [1.807, 2.05) is 31.2 Å². The number of methoxy groups -OCH3 is 3. The largest absolute Gasteiger partial charge is 0.503 e. The summed E-state index contributed by atoms with van der Waals surface area (Å²) in [4.78, 5) is 29.7. The number of rotatable bonds is 10. The van der Waals surface area contributed by atoms with Gasteiger partial charge in [-0.15, -0.1) is 0 Å². The van der Waals surface area contributed by atoms with E-state index in [2.05, 4.69) is 10.3 Å². The Morgan fingerprint density at radius 1 is 0.947 bits per heavy atom. The molecule has 1 aromatic heterocycles. The molecule has 0 fully saturated rings. The van der Waals surface area contributed by atoms with Gasteiger partial charge in [0.15, 0.2) is 17.2 Å². The van der Waals surface area contributed by atoms with Crippen molar-refractivity contribution in [2.24, 2.45) is 0 Å². The van der Waals surface area contributed by atoms with Crippen LogP contribution in [-0.2, 0) is 9.53 Å². The van der Waals surface area contributed by atoms with Gasteiger partial charge in [0.25, 0.3) is 5.91 Å². The Bertz CT molecular complexity index is 1260. The van der Waals surface area contributed by atoms with E-state index in [1.165, 1.54) is 33.4 Å². The van der Waals surface area contributed by atoms with Gasteiger partial charge in [-0.3, -0.25) is 4.79 Å². The molecule has 0 radical (unpaired) electrons. The predicted molar refractivity (Wildman–Crippen MR) is 142 cm³/mol. The highest BCUT2D eigenvalue weighted by molar-refractivity contribution is 5.97. The highest BCUT2D eigenvalue weighted by atomic mass is 16.5. The average Bonchev–Trinajstić information content (AvgIpc) is 2.89. The van der Waals surface area contributed by atoms with Crippen LogP contribution in [0.3, 0.4) is 0 Å². The van der Waals surface area contributed by atoms with Crippen LogP contribution in [0.2, 0.25) is 0 Å². The fourth-order valence-corrected chi connectivity index (χ4v) is 4.37. The van der Waals surface area contributed by atoms with Crippen LogP contribution in [0.5, 0.6) is 23.0 Å². The summed E-state index contributed by atoms with van der Waals surface area (Å²) in [6, 6.07) is 11.4. The number of ether oxygens (including phenoxy) is 4. The Hall–Kier alpha value is -4.47. The predicted octanol–water partition coefficient (Wildman–Crippen LogP) is 3.59. The van der Waals surface area contributed by atoms with Crippen LogP contribution in [0.25, 0.3) is 0 Å². The molecule has 0 spiro atoms. The molecule has 3 rings (SSSR count). The van der Waals surface area contributed by atoms with E-state index in [1.54, 1.807) is 26.2 Å². The molecule has 0 aliphatic rings. The lowest BCUT2D eigenvalue weighted by Crippen LogP contribution is -2.41. The molecule has 4 N–H and O–H groups in total. The van der Waals surface area contributed by atoms with E-state index in [9.17, 15) is 14.7 Å². The molecule has 0 aliphatic heterocycles. The van der Waals surface area contributed by atoms with Gasteiger partial charge in [0.2, 0.25) is 0 Å². The summed E-state index contributed by atoms with van der Waals surface area (Å²) in [5.74, 6) is -1.20. The molecule has 38 heavy (non-hydrogen) atoms. The zero-order valence-electron chi connectivity index (χ0n) is 22.3. The third-order valence-corrected chi connectivity index (χ3v) is 6.19. The van der Waals surface area contributed by atoms with E-state index >= 15 is 0 Å². The van der Waals surface area contributed by atoms with Crippen LogP contribution in [0.4, 0.5) is 5.69 Å². The molecule has 1 heterocycles. The van der Waals surface area contributed by atoms with Gasteiger partial charge in [0.1, 0.15) is 23.6 Å². The summed E-state index contributed by atoms with van der Waals surface area (Å²) in [5, 5.41) is 12.7. The maximum atomic E-state index is 13.1. The Labute approximate surface area is 221 Å². The van der Waals surface area contributed by atoms with E-state index in [0.29, 0.717) is 22.7 Å². The molecule has 0 saturated heterocycles. The van der Waals surface area contributed by atoms with Gasteiger partial charge in [-0.1, -0.05) is 30.3 Å². The number of esters is 1. The summed E-state index contributed by atoms with van der Waals surface area (Å²) in [6.45, 7) is 5.15. The fraction of sp³-hybridized carbons (Fsp3) is 0.321. The lowest BCUT2D eigenvalue weighted by Gasteiger charge is -2.29. The molecule has 10 nitrogen and oxygen atoms in total. The number of hydrogen-bond donors (Lipinski definition) is 3. The quantitative estimate of drug-likeness (QED) is 0.268. The first-order chi connectivity index (χ1) is 18.1. The van der Waals surface area contributed by atoms with Crippen molar-refractivity contribution in [3.05, 3.63) is 71.0 Å². The smallest absolute Gasteiger partial charge is 0.328 e. The topological polar surface area (TPSA) is 142 Å². The number of carbonyl (C=O) groups excluding carboxylic acids is 2. The number of anilines is 1. The maximum absolute atomic E-state index is 13.1. The zero-order valence-corrected chi connectivity index (χ0v) is 22.3. The van der Waals surface area contributed by atoms with Crippen molar-refractivity contribution in [1.29, 1.82) is 0 Å². The number of carbonyl (C=O) groups is 2. The van der Waals surface area contributed by atoms with Crippen LogP contribution in [0.1, 0.15) is 46.9 Å². The van der Waals surface area contributed by atoms with Gasteiger partial charge in [-0.2, -0.15) is 0 Å². The maximum Gasteiger partial charge on any atom is 0.328 e. The van der Waals surface area contributed by atoms with Crippen molar-refractivity contribution >= 4 is 17.6 Å². The highest BCUT2D eigenvalue weighted by Gasteiger charge is 2.32. The summed E-state index contributed by atoms with van der Waals surface area (Å²) in [6.07, 6.45) is 0.591. The number of nitrogens with one attached hydrogen (secondary N) is 1. The summed E-state index contributed by atoms with van der Waals surface area (Å²) >= 11 is 0. The van der Waals surface area contributed by atoms with Crippen LogP contribution < -0.4 is 25.3 Å². The molecule has 10 heteroatoms. The van der Waals surface area contributed by atoms with Crippen molar-refractivity contribution < 1.29 is 33.6 Å². The first-order valence-corrected chi connectivity index (χ1v) is 11.9. The number of nitrogens with zero attached hydrogens (tertiary/aromatic N) is 1. The van der Waals surface area contributed by atoms with Crippen molar-refractivity contribution in [2.45, 2.75) is 38.8 Å². The van der Waals surface area contributed by atoms with E-state index in [4.69, 9.17) is 24.7 Å². The molecule has 0 bridgehead atoms. The van der Waals surface area contributed by atoms with Gasteiger partial charge in [-0.05, 0) is 32.4 Å². The number of nitrogen functional groups attached to an aromatic ring is 1. The fourth-order valence-electron chi connectivity index (χ4n) is 4.37. The van der Waals surface area contributed by atoms with Crippen molar-refractivity contribution in [3.8, 4) is 23.0 Å². The van der Waals surface area contributed by atoms with Crippen molar-refractivity contribution in [2.75, 3.05) is 27.1 Å². The lowest BCUT2D eigenvalue weighted by atomic mass is 9.84. The van der Waals surface area contributed by atoms with Gasteiger partial charge in [0, 0.05) is 23.4 Å². The minimum atomic E-state index is -1.06. The number of para-hydroxylation sites is 2. The van der Waals surface area contributed by atoms with E-state index in [0.717, 1.165) is 11.1 Å². The molecule has 202 valence electrons. The van der Waals surface area contributed by atoms with Gasteiger partial charge < -0.3 is 35.1 Å². The SMILES string of the molecule is COc1ccnc(C(=O)N[C@@H](C)C(=O)OC(C)C(c2cccc(C)c2OC)c2cccc(N)c2OC)c1O. The molecule has 3 aromatic rings. The number of nitrogens with two attached hydrogens (primary N) is 1. The number of hydrogen-bond acceptors (Lipinski definition) is 9. The number of amides is 1. The highest BCUT2D eigenvalue weighted by Crippen LogP contribution is 2.42. The molecule has 0 saturated carbocycles. The monoisotopic (exact) mass is 523 g/mol. The molecule has 1 amide bonds. The van der Waals surface area contributed by atoms with E-state index < -0.39 is 35.7 Å². The molecular formula is C28H33N3O7. The number of aryl methyl sites for hydroxylation is 1. The Kier molecular flexibility index (Phi) is 9.01. The Morgan fingerprint density at radius 3 is 2.21 bits per heavy atom. The first-order valence-electron chi connectivity index (χ1n) is 11.9. The summed E-state index contributed by atoms with van der Waals surface area (Å²) in [7, 11) is 4.46. The van der Waals surface area contributed by atoms with Gasteiger partial charge in [0.05, 0.1) is 32.9 Å². The minimum absolute atomic E-state index is 0.0834. The number of aromatic hydroxyl groups is 1. The molecule has 0 aliphatic carbocycles. The van der Waals surface area contributed by atoms with Crippen LogP contribution >= 0.6 is 0 Å². The van der Waals surface area contributed by atoms with E-state index in [-0.39, 0.29) is 11.4 Å². The summed E-state index contributed by atoms with van der Waals surface area (Å²) < 4.78 is 22.2. The zero-order chi connectivity index (χ0) is 28.0. The van der Waals surface area contributed by atoms with Gasteiger partial charge >= 0.3 is 5.97 Å². The lowest BCUT2D eigenvalue weighted by molar-refractivity contribution is -0.150. The van der Waals surface area contributed by atoms with Crippen molar-refractivity contribution in [1.82, 2.24) is 10.3 Å². The normalized spacial score (nSPS) is 13.1. The number of pyridine rings is 1. The van der Waals surface area contributed by atoms with Gasteiger partial charge in [-0.25, -0.2) is 9.78 Å². The number of benzene rings is 2. The number of aromatic nitrogens is 1. The second-order valence-electron chi connectivity index (χ2n) is 8.69. The first kappa shape index (κ1) is 28.1. The Balaban J connectivity index is 1.91. The third kappa shape index (κ3) is 5.74. The average molecular weight is 524 g/mol. The Morgan fingerprint density at radius 2 is 1.58 bits per heavy atom. The van der Waals surface area contributed by atoms with Crippen molar-refractivity contribution in [3.63, 3.8) is 0 Å². The molecule has 3 atom stereocenters. The minimum Gasteiger partial charge on any atom is -0.503 e. The second kappa shape index (κ2) is 12.2. The molecular weight excluding hydrogens is 490 g/mol.